The minimum Gasteiger partial charge on any atom is -0.462 e. The maximum absolute atomic E-state index is 13.0. The second-order valence-electron chi connectivity index (χ2n) is 25.3. The molecule has 0 bridgehead atoms. The Morgan fingerprint density at radius 3 is 0.663 bits per heavy atom. The molecule has 89 heavy (non-hydrogen) atoms. The monoisotopic (exact) mass is 1310 g/mol. The first-order chi connectivity index (χ1) is 43.2. The molecular weight excluding hydrogens is 1170 g/mol. The van der Waals surface area contributed by atoms with Crippen LogP contribution in [0.5, 0.6) is 0 Å². The van der Waals surface area contributed by atoms with Gasteiger partial charge in [-0.1, -0.05) is 317 Å². The smallest absolute Gasteiger partial charge is 0.462 e. The second kappa shape index (κ2) is 64.8. The third kappa shape index (κ3) is 64.6. The van der Waals surface area contributed by atoms with Crippen LogP contribution in [0.15, 0.2) is 0 Å². The number of hydrogen-bond donors (Lipinski definition) is 3. The van der Waals surface area contributed by atoms with Crippen molar-refractivity contribution in [2.45, 2.75) is 386 Å². The topological polar surface area (TPSA) is 237 Å². The summed E-state index contributed by atoms with van der Waals surface area (Å²) < 4.78 is 68.2. The Hall–Kier alpha value is -1.94. The molecule has 528 valence electrons. The zero-order chi connectivity index (χ0) is 65.4. The summed E-state index contributed by atoms with van der Waals surface area (Å²) in [4.78, 5) is 72.4. The van der Waals surface area contributed by atoms with Crippen LogP contribution in [0.4, 0.5) is 0 Å². The van der Waals surface area contributed by atoms with Crippen LogP contribution in [0.1, 0.15) is 368 Å². The average molecular weight is 1310 g/mol. The third-order valence-corrected chi connectivity index (χ3v) is 18.3. The third-order valence-electron chi connectivity index (χ3n) is 16.4. The molecule has 0 aliphatic carbocycles. The van der Waals surface area contributed by atoms with E-state index in [0.717, 1.165) is 96.3 Å². The van der Waals surface area contributed by atoms with Crippen LogP contribution in [-0.4, -0.2) is 96.7 Å². The number of esters is 4. The van der Waals surface area contributed by atoms with Gasteiger partial charge in [-0.25, -0.2) is 9.13 Å². The minimum atomic E-state index is -4.95. The van der Waals surface area contributed by atoms with Gasteiger partial charge in [-0.15, -0.1) is 0 Å². The fourth-order valence-corrected chi connectivity index (χ4v) is 12.3. The number of rotatable bonds is 71. The lowest BCUT2D eigenvalue weighted by Gasteiger charge is -2.21. The summed E-state index contributed by atoms with van der Waals surface area (Å²) in [6.45, 7) is 4.91. The number of hydrogen-bond acceptors (Lipinski definition) is 15. The number of aliphatic hydroxyl groups excluding tert-OH is 1. The summed E-state index contributed by atoms with van der Waals surface area (Å²) in [7, 11) is -9.89. The van der Waals surface area contributed by atoms with Crippen LogP contribution < -0.4 is 0 Å². The molecular formula is C70H136O17P2. The molecule has 0 rings (SSSR count). The molecule has 19 heteroatoms. The van der Waals surface area contributed by atoms with E-state index in [0.29, 0.717) is 25.7 Å². The molecule has 17 nitrogen and oxygen atoms in total. The highest BCUT2D eigenvalue weighted by molar-refractivity contribution is 7.47. The van der Waals surface area contributed by atoms with E-state index in [1.165, 1.54) is 193 Å². The van der Waals surface area contributed by atoms with Crippen molar-refractivity contribution in [3.8, 4) is 0 Å². The SMILES string of the molecule is CCCCCCCCCCCCCCCCCCCC(=O)O[C@H](COC(=O)CCCCCCCCCCCCCCCCC)COP(=O)(O)OC[C@@H](O)COP(=O)(O)OC[C@@H](COC(=O)CCCCCCCCCC)OC(=O)CCCCCCCCCCC. The number of aliphatic hydroxyl groups is 1. The number of carbonyl (C=O) groups is 4. The second-order valence-corrected chi connectivity index (χ2v) is 28.2. The Morgan fingerprint density at radius 2 is 0.449 bits per heavy atom. The van der Waals surface area contributed by atoms with Gasteiger partial charge in [0, 0.05) is 25.7 Å². The van der Waals surface area contributed by atoms with Crippen molar-refractivity contribution in [2.75, 3.05) is 39.6 Å². The van der Waals surface area contributed by atoms with E-state index in [2.05, 4.69) is 27.7 Å². The van der Waals surface area contributed by atoms with Crippen LogP contribution in [0.3, 0.4) is 0 Å². The summed E-state index contributed by atoms with van der Waals surface area (Å²) in [6.07, 6.45) is 52.8. The fraction of sp³-hybridized carbons (Fsp3) is 0.943. The summed E-state index contributed by atoms with van der Waals surface area (Å²) >= 11 is 0. The molecule has 0 aromatic carbocycles. The predicted octanol–water partition coefficient (Wildman–Crippen LogP) is 20.3. The van der Waals surface area contributed by atoms with Gasteiger partial charge in [-0.2, -0.15) is 0 Å². The molecule has 0 aromatic rings. The minimum absolute atomic E-state index is 0.106. The van der Waals surface area contributed by atoms with Crippen LogP contribution in [0, 0.1) is 0 Å². The number of unbranched alkanes of at least 4 members (excludes halogenated alkanes) is 45. The molecule has 0 aliphatic heterocycles. The Bertz CT molecular complexity index is 1710. The maximum atomic E-state index is 13.0. The summed E-state index contributed by atoms with van der Waals surface area (Å²) in [6, 6.07) is 0. The van der Waals surface area contributed by atoms with Crippen molar-refractivity contribution in [3.63, 3.8) is 0 Å². The Balaban J connectivity index is 5.19. The van der Waals surface area contributed by atoms with E-state index in [4.69, 9.17) is 37.0 Å². The van der Waals surface area contributed by atoms with E-state index in [1.807, 2.05) is 0 Å². The molecule has 0 aromatic heterocycles. The molecule has 3 N–H and O–H groups in total. The van der Waals surface area contributed by atoms with Gasteiger partial charge in [0.05, 0.1) is 26.4 Å². The fourth-order valence-electron chi connectivity index (χ4n) is 10.7. The van der Waals surface area contributed by atoms with Crippen molar-refractivity contribution >= 4 is 39.5 Å². The van der Waals surface area contributed by atoms with Gasteiger partial charge in [0.1, 0.15) is 19.3 Å². The molecule has 2 unspecified atom stereocenters. The molecule has 0 saturated heterocycles. The molecule has 0 fully saturated rings. The van der Waals surface area contributed by atoms with E-state index in [-0.39, 0.29) is 25.7 Å². The van der Waals surface area contributed by atoms with Crippen LogP contribution in [-0.2, 0) is 65.4 Å². The van der Waals surface area contributed by atoms with E-state index >= 15 is 0 Å². The molecule has 0 heterocycles. The lowest BCUT2D eigenvalue weighted by molar-refractivity contribution is -0.161. The molecule has 5 atom stereocenters. The van der Waals surface area contributed by atoms with Gasteiger partial charge in [0.25, 0.3) is 0 Å². The van der Waals surface area contributed by atoms with Crippen molar-refractivity contribution < 1.29 is 80.2 Å². The molecule has 0 amide bonds. The highest BCUT2D eigenvalue weighted by Crippen LogP contribution is 2.45. The van der Waals surface area contributed by atoms with Gasteiger partial charge in [0.15, 0.2) is 12.2 Å². The molecule has 0 aliphatic rings. The first-order valence-electron chi connectivity index (χ1n) is 36.8. The van der Waals surface area contributed by atoms with E-state index in [9.17, 15) is 43.2 Å². The van der Waals surface area contributed by atoms with E-state index in [1.54, 1.807) is 0 Å². The highest BCUT2D eigenvalue weighted by Gasteiger charge is 2.30. The van der Waals surface area contributed by atoms with Gasteiger partial charge in [-0.3, -0.25) is 37.3 Å². The summed E-state index contributed by atoms with van der Waals surface area (Å²) in [5.41, 5.74) is 0. The molecule has 0 saturated carbocycles. The summed E-state index contributed by atoms with van der Waals surface area (Å²) in [5.74, 6) is -2.12. The standard InChI is InChI=1S/C70H136O17P2/c1-5-9-13-17-21-25-27-29-31-32-34-36-38-41-45-49-53-57-70(75)87-66(61-81-68(73)55-51-47-43-40-37-35-33-30-28-26-22-18-14-10-6-2)63-85-89(78,79)83-59-64(71)58-82-88(76,77)84-62-65(60-80-67(72)54-50-46-42-24-20-16-12-8-4)86-69(74)56-52-48-44-39-23-19-15-11-7-3/h64-66,71H,5-63H2,1-4H3,(H,76,77)(H,78,79)/t64-,65+,66+/m0/s1. The highest BCUT2D eigenvalue weighted by atomic mass is 31.2. The van der Waals surface area contributed by atoms with Gasteiger partial charge >= 0.3 is 39.5 Å². The van der Waals surface area contributed by atoms with Gasteiger partial charge < -0.3 is 33.8 Å². The van der Waals surface area contributed by atoms with Crippen molar-refractivity contribution in [1.29, 1.82) is 0 Å². The Morgan fingerprint density at radius 1 is 0.270 bits per heavy atom. The number of ether oxygens (including phenoxy) is 4. The van der Waals surface area contributed by atoms with Crippen molar-refractivity contribution in [1.82, 2.24) is 0 Å². The van der Waals surface area contributed by atoms with Crippen LogP contribution >= 0.6 is 15.6 Å². The van der Waals surface area contributed by atoms with Crippen molar-refractivity contribution in [3.05, 3.63) is 0 Å². The normalized spacial score (nSPS) is 14.0. The average Bonchev–Trinajstić information content (AvgIpc) is 3.53. The van der Waals surface area contributed by atoms with Gasteiger partial charge in [-0.05, 0) is 25.7 Å². The number of carbonyl (C=O) groups excluding carboxylic acids is 4. The van der Waals surface area contributed by atoms with Crippen LogP contribution in [0.25, 0.3) is 0 Å². The van der Waals surface area contributed by atoms with Gasteiger partial charge in [0.2, 0.25) is 0 Å². The lowest BCUT2D eigenvalue weighted by Crippen LogP contribution is -2.30. The number of phosphoric ester groups is 2. The first kappa shape index (κ1) is 87.1. The first-order valence-corrected chi connectivity index (χ1v) is 39.8. The molecule has 0 spiro atoms. The maximum Gasteiger partial charge on any atom is 0.472 e. The van der Waals surface area contributed by atoms with Crippen molar-refractivity contribution in [2.24, 2.45) is 0 Å². The Labute approximate surface area is 543 Å². The largest absolute Gasteiger partial charge is 0.472 e. The molecule has 0 radical (unpaired) electrons. The summed E-state index contributed by atoms with van der Waals surface area (Å²) in [5, 5.41) is 10.6. The Kier molecular flexibility index (Phi) is 63.3. The quantitative estimate of drug-likeness (QED) is 0.0222. The van der Waals surface area contributed by atoms with Crippen LogP contribution in [0.2, 0.25) is 0 Å². The zero-order valence-corrected chi connectivity index (χ0v) is 59.2. The predicted molar refractivity (Wildman–Crippen MR) is 359 cm³/mol. The number of phosphoric acid groups is 2. The lowest BCUT2D eigenvalue weighted by atomic mass is 10.0. The zero-order valence-electron chi connectivity index (χ0n) is 57.4. The van der Waals surface area contributed by atoms with E-state index < -0.39 is 97.5 Å².